The van der Waals surface area contributed by atoms with Crippen molar-refractivity contribution in [3.63, 3.8) is 0 Å². The van der Waals surface area contributed by atoms with E-state index in [0.29, 0.717) is 26.2 Å². The van der Waals surface area contributed by atoms with Crippen LogP contribution in [-0.4, -0.2) is 67.7 Å². The molecule has 2 aliphatic rings. The van der Waals surface area contributed by atoms with Crippen LogP contribution in [0.4, 0.5) is 13.2 Å². The second-order valence-electron chi connectivity index (χ2n) is 6.07. The summed E-state index contributed by atoms with van der Waals surface area (Å²) in [5.41, 5.74) is 0. The number of hydrogen-bond donors (Lipinski definition) is 1. The zero-order valence-electron chi connectivity index (χ0n) is 12.5. The second-order valence-corrected chi connectivity index (χ2v) is 6.07. The van der Waals surface area contributed by atoms with E-state index in [-0.39, 0.29) is 17.7 Å². The molecule has 1 amide bonds. The molecule has 0 spiro atoms. The van der Waals surface area contributed by atoms with Crippen molar-refractivity contribution in [1.82, 2.24) is 15.1 Å². The Morgan fingerprint density at radius 1 is 1.38 bits per heavy atom. The van der Waals surface area contributed by atoms with Gasteiger partial charge in [-0.1, -0.05) is 6.92 Å². The van der Waals surface area contributed by atoms with E-state index in [1.165, 1.54) is 4.90 Å². The number of alkyl halides is 3. The largest absolute Gasteiger partial charge is 0.401 e. The first-order valence-electron chi connectivity index (χ1n) is 7.67. The predicted octanol–water partition coefficient (Wildman–Crippen LogP) is 1.33. The monoisotopic (exact) mass is 307 g/mol. The standard InChI is InChI=1S/C14H24F3N3O/c1-2-19(10-14(15,16)17)8-11-4-6-20(9-11)13(21)12-3-5-18-7-12/h11-12,18H,2-10H2,1H3. The third-order valence-corrected chi connectivity index (χ3v) is 4.37. The fourth-order valence-corrected chi connectivity index (χ4v) is 3.23. The normalized spacial score (nSPS) is 26.8. The number of nitrogens with zero attached hydrogens (tertiary/aromatic N) is 2. The molecule has 21 heavy (non-hydrogen) atoms. The highest BCUT2D eigenvalue weighted by atomic mass is 19.4. The number of carbonyl (C=O) groups is 1. The SMILES string of the molecule is CCN(CC1CCN(C(=O)C2CCNC2)C1)CC(F)(F)F. The highest BCUT2D eigenvalue weighted by Gasteiger charge is 2.35. The summed E-state index contributed by atoms with van der Waals surface area (Å²) in [5.74, 6) is 0.383. The Kier molecular flexibility index (Phi) is 5.48. The summed E-state index contributed by atoms with van der Waals surface area (Å²) in [6.45, 7) is 4.58. The van der Waals surface area contributed by atoms with E-state index in [4.69, 9.17) is 0 Å². The van der Waals surface area contributed by atoms with Crippen LogP contribution in [0.5, 0.6) is 0 Å². The minimum Gasteiger partial charge on any atom is -0.342 e. The molecule has 0 aromatic heterocycles. The van der Waals surface area contributed by atoms with E-state index in [0.717, 1.165) is 25.9 Å². The lowest BCUT2D eigenvalue weighted by molar-refractivity contribution is -0.147. The van der Waals surface area contributed by atoms with Crippen molar-refractivity contribution < 1.29 is 18.0 Å². The quantitative estimate of drug-likeness (QED) is 0.832. The van der Waals surface area contributed by atoms with E-state index in [1.54, 1.807) is 6.92 Å². The zero-order valence-corrected chi connectivity index (χ0v) is 12.5. The first kappa shape index (κ1) is 16.5. The van der Waals surface area contributed by atoms with Crippen LogP contribution in [0.15, 0.2) is 0 Å². The smallest absolute Gasteiger partial charge is 0.342 e. The Balaban J connectivity index is 1.80. The van der Waals surface area contributed by atoms with Gasteiger partial charge in [0.2, 0.25) is 5.91 Å². The van der Waals surface area contributed by atoms with Crippen LogP contribution in [-0.2, 0) is 4.79 Å². The molecule has 2 saturated heterocycles. The Morgan fingerprint density at radius 2 is 2.14 bits per heavy atom. The molecule has 0 bridgehead atoms. The molecular formula is C14H24F3N3O. The lowest BCUT2D eigenvalue weighted by atomic mass is 10.1. The van der Waals surface area contributed by atoms with Gasteiger partial charge in [-0.15, -0.1) is 0 Å². The van der Waals surface area contributed by atoms with Crippen molar-refractivity contribution in [3.05, 3.63) is 0 Å². The minimum atomic E-state index is -4.15. The van der Waals surface area contributed by atoms with E-state index < -0.39 is 12.7 Å². The van der Waals surface area contributed by atoms with Gasteiger partial charge in [-0.25, -0.2) is 0 Å². The van der Waals surface area contributed by atoms with Gasteiger partial charge in [0.1, 0.15) is 0 Å². The third kappa shape index (κ3) is 4.85. The van der Waals surface area contributed by atoms with Crippen molar-refractivity contribution in [2.75, 3.05) is 45.8 Å². The molecule has 0 radical (unpaired) electrons. The molecule has 4 nitrogen and oxygen atoms in total. The van der Waals surface area contributed by atoms with Gasteiger partial charge < -0.3 is 10.2 Å². The number of amides is 1. The lowest BCUT2D eigenvalue weighted by Crippen LogP contribution is -2.39. The Labute approximate surface area is 123 Å². The van der Waals surface area contributed by atoms with Gasteiger partial charge in [-0.2, -0.15) is 13.2 Å². The number of hydrogen-bond acceptors (Lipinski definition) is 3. The van der Waals surface area contributed by atoms with Crippen molar-refractivity contribution in [1.29, 1.82) is 0 Å². The number of carbonyl (C=O) groups excluding carboxylic acids is 1. The molecule has 0 aliphatic carbocycles. The highest BCUT2D eigenvalue weighted by Crippen LogP contribution is 2.23. The molecule has 2 fully saturated rings. The van der Waals surface area contributed by atoms with Gasteiger partial charge in [-0.05, 0) is 31.8 Å². The lowest BCUT2D eigenvalue weighted by Gasteiger charge is -2.25. The molecule has 122 valence electrons. The van der Waals surface area contributed by atoms with Crippen molar-refractivity contribution in [3.8, 4) is 0 Å². The van der Waals surface area contributed by atoms with E-state index in [2.05, 4.69) is 5.32 Å². The fraction of sp³-hybridized carbons (Fsp3) is 0.929. The summed E-state index contributed by atoms with van der Waals surface area (Å²) in [4.78, 5) is 15.5. The molecular weight excluding hydrogens is 283 g/mol. The maximum Gasteiger partial charge on any atom is 0.401 e. The molecule has 2 rings (SSSR count). The predicted molar refractivity (Wildman–Crippen MR) is 73.8 cm³/mol. The van der Waals surface area contributed by atoms with Gasteiger partial charge in [0.05, 0.1) is 12.5 Å². The van der Waals surface area contributed by atoms with Crippen LogP contribution >= 0.6 is 0 Å². The molecule has 0 aromatic carbocycles. The topological polar surface area (TPSA) is 35.6 Å². The second kappa shape index (κ2) is 6.96. The number of nitrogens with one attached hydrogen (secondary N) is 1. The highest BCUT2D eigenvalue weighted by molar-refractivity contribution is 5.79. The zero-order chi connectivity index (χ0) is 15.5. The van der Waals surface area contributed by atoms with E-state index >= 15 is 0 Å². The first-order valence-corrected chi connectivity index (χ1v) is 7.67. The van der Waals surface area contributed by atoms with Crippen molar-refractivity contribution in [2.45, 2.75) is 25.9 Å². The molecule has 0 saturated carbocycles. The number of halogens is 3. The van der Waals surface area contributed by atoms with Crippen LogP contribution in [0, 0.1) is 11.8 Å². The fourth-order valence-electron chi connectivity index (χ4n) is 3.23. The van der Waals surface area contributed by atoms with Gasteiger partial charge in [0.25, 0.3) is 0 Å². The van der Waals surface area contributed by atoms with E-state index in [1.807, 2.05) is 4.90 Å². The summed E-state index contributed by atoms with van der Waals surface area (Å²) < 4.78 is 37.4. The third-order valence-electron chi connectivity index (χ3n) is 4.37. The minimum absolute atomic E-state index is 0.0567. The molecule has 2 atom stereocenters. The van der Waals surface area contributed by atoms with Crippen LogP contribution in [0.3, 0.4) is 0 Å². The Morgan fingerprint density at radius 3 is 2.71 bits per heavy atom. The average molecular weight is 307 g/mol. The maximum atomic E-state index is 12.5. The molecule has 0 aromatic rings. The molecule has 2 aliphatic heterocycles. The first-order chi connectivity index (χ1) is 9.89. The van der Waals surface area contributed by atoms with Crippen LogP contribution in [0.25, 0.3) is 0 Å². The summed E-state index contributed by atoms with van der Waals surface area (Å²) >= 11 is 0. The molecule has 2 heterocycles. The van der Waals surface area contributed by atoms with Crippen LogP contribution in [0.1, 0.15) is 19.8 Å². The average Bonchev–Trinajstić information content (AvgIpc) is 3.06. The summed E-state index contributed by atoms with van der Waals surface area (Å²) in [7, 11) is 0. The number of likely N-dealkylation sites (tertiary alicyclic amines) is 1. The van der Waals surface area contributed by atoms with Gasteiger partial charge in [-0.3, -0.25) is 9.69 Å². The number of rotatable bonds is 5. The summed E-state index contributed by atoms with van der Waals surface area (Å²) in [5, 5.41) is 3.17. The molecule has 1 N–H and O–H groups in total. The van der Waals surface area contributed by atoms with Crippen LogP contribution in [0.2, 0.25) is 0 Å². The van der Waals surface area contributed by atoms with Crippen molar-refractivity contribution in [2.24, 2.45) is 11.8 Å². The van der Waals surface area contributed by atoms with Crippen molar-refractivity contribution >= 4 is 5.91 Å². The maximum absolute atomic E-state index is 12.5. The van der Waals surface area contributed by atoms with Gasteiger partial charge in [0.15, 0.2) is 0 Å². The van der Waals surface area contributed by atoms with E-state index in [9.17, 15) is 18.0 Å². The molecule has 7 heteroatoms. The Bertz CT molecular complexity index is 356. The summed E-state index contributed by atoms with van der Waals surface area (Å²) in [6, 6.07) is 0. The van der Waals surface area contributed by atoms with Gasteiger partial charge in [0, 0.05) is 26.2 Å². The van der Waals surface area contributed by atoms with Crippen LogP contribution < -0.4 is 5.32 Å². The summed E-state index contributed by atoms with van der Waals surface area (Å²) in [6.07, 6.45) is -2.48. The van der Waals surface area contributed by atoms with Gasteiger partial charge >= 0.3 is 6.18 Å². The molecule has 2 unspecified atom stereocenters. The Hall–Kier alpha value is -0.820.